The standard InChI is InChI=1S/C22H24N4O2/c1-16-6-2-3-7-19(16)22(28)25-12-9-17(10-13-25)21(27)23-14-18-15-24-26-11-5-4-8-20(18)26/h2-8,11,15,17H,9-10,12-14H2,1H3,(H,23,27). The van der Waals surface area contributed by atoms with Crippen LogP contribution in [0.25, 0.3) is 5.52 Å². The van der Waals surface area contributed by atoms with Crippen LogP contribution in [0.3, 0.4) is 0 Å². The second kappa shape index (κ2) is 7.84. The fourth-order valence-electron chi connectivity index (χ4n) is 3.78. The van der Waals surface area contributed by atoms with Crippen LogP contribution in [-0.4, -0.2) is 39.4 Å². The van der Waals surface area contributed by atoms with Crippen molar-refractivity contribution in [2.45, 2.75) is 26.3 Å². The lowest BCUT2D eigenvalue weighted by Crippen LogP contribution is -2.43. The molecule has 1 fully saturated rings. The molecule has 2 amide bonds. The molecule has 0 spiro atoms. The van der Waals surface area contributed by atoms with Crippen LogP contribution in [0.1, 0.15) is 34.3 Å². The molecule has 3 heterocycles. The van der Waals surface area contributed by atoms with E-state index in [0.29, 0.717) is 32.5 Å². The highest BCUT2D eigenvalue weighted by Crippen LogP contribution is 2.21. The Morgan fingerprint density at radius 3 is 2.64 bits per heavy atom. The van der Waals surface area contributed by atoms with Gasteiger partial charge in [-0.2, -0.15) is 5.10 Å². The third kappa shape index (κ3) is 3.63. The van der Waals surface area contributed by atoms with E-state index >= 15 is 0 Å². The molecule has 0 radical (unpaired) electrons. The number of carbonyl (C=O) groups is 2. The summed E-state index contributed by atoms with van der Waals surface area (Å²) in [6.45, 7) is 3.65. The Hall–Kier alpha value is -3.15. The van der Waals surface area contributed by atoms with Gasteiger partial charge in [0.1, 0.15) is 0 Å². The van der Waals surface area contributed by atoms with Gasteiger partial charge in [-0.15, -0.1) is 0 Å². The molecule has 1 aliphatic heterocycles. The average molecular weight is 376 g/mol. The van der Waals surface area contributed by atoms with Gasteiger partial charge in [-0.1, -0.05) is 24.3 Å². The van der Waals surface area contributed by atoms with Gasteiger partial charge in [0.15, 0.2) is 0 Å². The molecule has 0 atom stereocenters. The number of amides is 2. The van der Waals surface area contributed by atoms with Gasteiger partial charge in [0.05, 0.1) is 11.7 Å². The quantitative estimate of drug-likeness (QED) is 0.761. The number of fused-ring (bicyclic) bond motifs is 1. The summed E-state index contributed by atoms with van der Waals surface area (Å²) in [6.07, 6.45) is 5.07. The minimum Gasteiger partial charge on any atom is -0.352 e. The minimum atomic E-state index is -0.0530. The number of hydrogen-bond acceptors (Lipinski definition) is 3. The van der Waals surface area contributed by atoms with Crippen LogP contribution in [0, 0.1) is 12.8 Å². The zero-order valence-corrected chi connectivity index (χ0v) is 16.0. The fraction of sp³-hybridized carbons (Fsp3) is 0.318. The normalized spacial score (nSPS) is 15.0. The van der Waals surface area contributed by atoms with Gasteiger partial charge in [0, 0.05) is 42.9 Å². The first kappa shape index (κ1) is 18.2. The Kier molecular flexibility index (Phi) is 5.10. The second-order valence-corrected chi connectivity index (χ2v) is 7.30. The lowest BCUT2D eigenvalue weighted by Gasteiger charge is -2.31. The van der Waals surface area contributed by atoms with Gasteiger partial charge < -0.3 is 10.2 Å². The van der Waals surface area contributed by atoms with E-state index in [-0.39, 0.29) is 17.7 Å². The predicted octanol–water partition coefficient (Wildman–Crippen LogP) is 2.81. The van der Waals surface area contributed by atoms with E-state index in [1.54, 1.807) is 10.7 Å². The van der Waals surface area contributed by atoms with Gasteiger partial charge in [0.25, 0.3) is 5.91 Å². The summed E-state index contributed by atoms with van der Waals surface area (Å²) in [4.78, 5) is 27.2. The van der Waals surface area contributed by atoms with Gasteiger partial charge >= 0.3 is 0 Å². The van der Waals surface area contributed by atoms with Crippen molar-refractivity contribution in [1.29, 1.82) is 0 Å². The molecule has 28 heavy (non-hydrogen) atoms. The SMILES string of the molecule is Cc1ccccc1C(=O)N1CCC(C(=O)NCc2cnn3ccccc23)CC1. The number of rotatable bonds is 4. The molecule has 1 N–H and O–H groups in total. The van der Waals surface area contributed by atoms with Crippen molar-refractivity contribution in [3.63, 3.8) is 0 Å². The summed E-state index contributed by atoms with van der Waals surface area (Å²) in [5.74, 6) is 0.0596. The maximum Gasteiger partial charge on any atom is 0.254 e. The summed E-state index contributed by atoms with van der Waals surface area (Å²) in [6, 6.07) is 13.5. The number of piperidine rings is 1. The zero-order chi connectivity index (χ0) is 19.5. The first-order valence-electron chi connectivity index (χ1n) is 9.67. The van der Waals surface area contributed by atoms with Gasteiger partial charge in [-0.05, 0) is 43.5 Å². The summed E-state index contributed by atoms with van der Waals surface area (Å²) in [5, 5.41) is 7.33. The number of benzene rings is 1. The molecule has 2 aromatic heterocycles. The third-order valence-corrected chi connectivity index (χ3v) is 5.49. The average Bonchev–Trinajstić information content (AvgIpc) is 3.15. The summed E-state index contributed by atoms with van der Waals surface area (Å²) in [7, 11) is 0. The molecule has 0 saturated carbocycles. The van der Waals surface area contributed by atoms with E-state index in [9.17, 15) is 9.59 Å². The van der Waals surface area contributed by atoms with Crippen molar-refractivity contribution < 1.29 is 9.59 Å². The highest BCUT2D eigenvalue weighted by molar-refractivity contribution is 5.95. The minimum absolute atomic E-state index is 0.0530. The van der Waals surface area contributed by atoms with Gasteiger partial charge in [0.2, 0.25) is 5.91 Å². The number of aryl methyl sites for hydroxylation is 1. The van der Waals surface area contributed by atoms with Crippen LogP contribution in [-0.2, 0) is 11.3 Å². The van der Waals surface area contributed by atoms with E-state index in [2.05, 4.69) is 10.4 Å². The molecule has 6 nitrogen and oxygen atoms in total. The van der Waals surface area contributed by atoms with E-state index < -0.39 is 0 Å². The van der Waals surface area contributed by atoms with E-state index in [4.69, 9.17) is 0 Å². The topological polar surface area (TPSA) is 66.7 Å². The molecule has 1 aromatic carbocycles. The van der Waals surface area contributed by atoms with Gasteiger partial charge in [-0.3, -0.25) is 9.59 Å². The van der Waals surface area contributed by atoms with Crippen molar-refractivity contribution in [2.24, 2.45) is 5.92 Å². The van der Waals surface area contributed by atoms with E-state index in [1.165, 1.54) is 0 Å². The maximum absolute atomic E-state index is 12.7. The van der Waals surface area contributed by atoms with Gasteiger partial charge in [-0.25, -0.2) is 4.52 Å². The molecular weight excluding hydrogens is 352 g/mol. The van der Waals surface area contributed by atoms with Crippen LogP contribution in [0.4, 0.5) is 0 Å². The number of hydrogen-bond donors (Lipinski definition) is 1. The molecule has 6 heteroatoms. The molecule has 0 aliphatic carbocycles. The summed E-state index contributed by atoms with van der Waals surface area (Å²) < 4.78 is 1.80. The highest BCUT2D eigenvalue weighted by atomic mass is 16.2. The number of carbonyl (C=O) groups excluding carboxylic acids is 2. The molecule has 0 unspecified atom stereocenters. The zero-order valence-electron chi connectivity index (χ0n) is 16.0. The second-order valence-electron chi connectivity index (χ2n) is 7.30. The Morgan fingerprint density at radius 1 is 1.11 bits per heavy atom. The van der Waals surface area contributed by atoms with E-state index in [1.807, 2.05) is 60.5 Å². The van der Waals surface area contributed by atoms with Crippen molar-refractivity contribution in [3.05, 3.63) is 71.5 Å². The van der Waals surface area contributed by atoms with Crippen molar-refractivity contribution in [2.75, 3.05) is 13.1 Å². The lowest BCUT2D eigenvalue weighted by molar-refractivity contribution is -0.126. The Labute approximate surface area is 164 Å². The van der Waals surface area contributed by atoms with Crippen LogP contribution >= 0.6 is 0 Å². The molecule has 3 aromatic rings. The first-order chi connectivity index (χ1) is 13.6. The van der Waals surface area contributed by atoms with Crippen molar-refractivity contribution >= 4 is 17.3 Å². The number of nitrogens with zero attached hydrogens (tertiary/aromatic N) is 3. The number of aromatic nitrogens is 2. The molecule has 1 saturated heterocycles. The van der Waals surface area contributed by atoms with Crippen molar-refractivity contribution in [3.8, 4) is 0 Å². The first-order valence-corrected chi connectivity index (χ1v) is 9.67. The molecule has 1 aliphatic rings. The largest absolute Gasteiger partial charge is 0.352 e. The van der Waals surface area contributed by atoms with Crippen LogP contribution in [0.2, 0.25) is 0 Å². The smallest absolute Gasteiger partial charge is 0.254 e. The number of likely N-dealkylation sites (tertiary alicyclic amines) is 1. The monoisotopic (exact) mass is 376 g/mol. The van der Waals surface area contributed by atoms with Crippen LogP contribution < -0.4 is 5.32 Å². The highest BCUT2D eigenvalue weighted by Gasteiger charge is 2.28. The molecular formula is C22H24N4O2. The Morgan fingerprint density at radius 2 is 1.86 bits per heavy atom. The maximum atomic E-state index is 12.7. The lowest BCUT2D eigenvalue weighted by atomic mass is 9.95. The molecule has 4 rings (SSSR count). The Balaban J connectivity index is 1.31. The van der Waals surface area contributed by atoms with E-state index in [0.717, 1.165) is 22.2 Å². The fourth-order valence-corrected chi connectivity index (χ4v) is 3.78. The van der Waals surface area contributed by atoms with Crippen LogP contribution in [0.5, 0.6) is 0 Å². The third-order valence-electron chi connectivity index (χ3n) is 5.49. The molecule has 0 bridgehead atoms. The van der Waals surface area contributed by atoms with Crippen LogP contribution in [0.15, 0.2) is 54.9 Å². The number of nitrogens with one attached hydrogen (secondary N) is 1. The predicted molar refractivity (Wildman–Crippen MR) is 107 cm³/mol. The van der Waals surface area contributed by atoms with Crippen molar-refractivity contribution in [1.82, 2.24) is 19.8 Å². The summed E-state index contributed by atoms with van der Waals surface area (Å²) >= 11 is 0. The number of pyridine rings is 1. The summed E-state index contributed by atoms with van der Waals surface area (Å²) in [5.41, 5.74) is 3.74. The molecule has 144 valence electrons. The Bertz CT molecular complexity index is 1000.